The van der Waals surface area contributed by atoms with Crippen LogP contribution < -0.4 is 0 Å². The zero-order valence-corrected chi connectivity index (χ0v) is 9.60. The van der Waals surface area contributed by atoms with E-state index >= 15 is 0 Å². The first kappa shape index (κ1) is 11.4. The number of nitrogens with zero attached hydrogens (tertiary/aromatic N) is 2. The highest BCUT2D eigenvalue weighted by Crippen LogP contribution is 2.33. The lowest BCUT2D eigenvalue weighted by atomic mass is 9.88. The van der Waals surface area contributed by atoms with Gasteiger partial charge in [0.15, 0.2) is 17.2 Å². The van der Waals surface area contributed by atoms with Gasteiger partial charge in [-0.25, -0.2) is 0 Å². The van der Waals surface area contributed by atoms with Crippen LogP contribution in [-0.4, -0.2) is 36.1 Å². The van der Waals surface area contributed by atoms with Crippen LogP contribution in [0.25, 0.3) is 0 Å². The fourth-order valence-corrected chi connectivity index (χ4v) is 2.01. The molecule has 1 aliphatic carbocycles. The van der Waals surface area contributed by atoms with Crippen LogP contribution in [0.1, 0.15) is 6.42 Å². The SMILES string of the molecule is COC1C=C2C(=CN(C)C(C#N)=C2O)CC1=O. The smallest absolute Gasteiger partial charge is 0.169 e. The van der Waals surface area contributed by atoms with Gasteiger partial charge in [0, 0.05) is 32.4 Å². The highest BCUT2D eigenvalue weighted by molar-refractivity contribution is 5.91. The molecule has 0 amide bonds. The van der Waals surface area contributed by atoms with Gasteiger partial charge in [-0.1, -0.05) is 0 Å². The molecular formula is C12H12N2O3. The second-order valence-electron chi connectivity index (χ2n) is 3.95. The molecule has 5 heteroatoms. The van der Waals surface area contributed by atoms with Crippen LogP contribution in [0.15, 0.2) is 34.9 Å². The maximum atomic E-state index is 11.7. The van der Waals surface area contributed by atoms with E-state index in [4.69, 9.17) is 10.00 Å². The van der Waals surface area contributed by atoms with E-state index < -0.39 is 6.10 Å². The molecule has 0 fully saturated rings. The third kappa shape index (κ3) is 1.73. The molecule has 1 unspecified atom stereocenters. The second-order valence-corrected chi connectivity index (χ2v) is 3.95. The minimum Gasteiger partial charge on any atom is -0.504 e. The van der Waals surface area contributed by atoms with Gasteiger partial charge in [0.2, 0.25) is 0 Å². The summed E-state index contributed by atoms with van der Waals surface area (Å²) in [6.45, 7) is 0. The van der Waals surface area contributed by atoms with Crippen molar-refractivity contribution in [3.05, 3.63) is 34.9 Å². The highest BCUT2D eigenvalue weighted by Gasteiger charge is 2.31. The number of nitriles is 1. The third-order valence-electron chi connectivity index (χ3n) is 2.89. The first-order valence-electron chi connectivity index (χ1n) is 5.13. The number of allylic oxidation sites excluding steroid dienone is 2. The summed E-state index contributed by atoms with van der Waals surface area (Å²) in [7, 11) is 3.10. The molecule has 1 heterocycles. The Morgan fingerprint density at radius 2 is 2.35 bits per heavy atom. The zero-order valence-electron chi connectivity index (χ0n) is 9.60. The van der Waals surface area contributed by atoms with Crippen molar-refractivity contribution in [2.45, 2.75) is 12.5 Å². The molecule has 88 valence electrons. The molecule has 0 bridgehead atoms. The Kier molecular flexibility index (Phi) is 2.74. The molecule has 1 atom stereocenters. The second kappa shape index (κ2) is 4.07. The molecule has 1 N–H and O–H groups in total. The van der Waals surface area contributed by atoms with Gasteiger partial charge in [0.25, 0.3) is 0 Å². The number of hydrogen-bond donors (Lipinski definition) is 1. The van der Waals surface area contributed by atoms with Gasteiger partial charge in [-0.3, -0.25) is 4.79 Å². The van der Waals surface area contributed by atoms with Crippen LogP contribution in [0.4, 0.5) is 0 Å². The number of rotatable bonds is 1. The van der Waals surface area contributed by atoms with Gasteiger partial charge < -0.3 is 14.7 Å². The average Bonchev–Trinajstić information content (AvgIpc) is 2.29. The molecule has 0 saturated carbocycles. The summed E-state index contributed by atoms with van der Waals surface area (Å²) >= 11 is 0. The van der Waals surface area contributed by atoms with E-state index in [2.05, 4.69) is 0 Å². The van der Waals surface area contributed by atoms with Crippen molar-refractivity contribution in [3.63, 3.8) is 0 Å². The molecule has 2 aliphatic rings. The number of aliphatic hydroxyl groups excluding tert-OH is 1. The molecule has 0 saturated heterocycles. The lowest BCUT2D eigenvalue weighted by molar-refractivity contribution is -0.126. The van der Waals surface area contributed by atoms with Crippen molar-refractivity contribution in [1.82, 2.24) is 4.90 Å². The Balaban J connectivity index is 2.52. The number of Topliss-reactive ketones (excluding diaryl/α,β-unsaturated/α-hetero) is 1. The number of carbonyl (C=O) groups excluding carboxylic acids is 1. The van der Waals surface area contributed by atoms with Gasteiger partial charge in [-0.2, -0.15) is 5.26 Å². The van der Waals surface area contributed by atoms with E-state index in [1.54, 1.807) is 19.3 Å². The van der Waals surface area contributed by atoms with Crippen molar-refractivity contribution < 1.29 is 14.6 Å². The highest BCUT2D eigenvalue weighted by atomic mass is 16.5. The number of carbonyl (C=O) groups is 1. The maximum Gasteiger partial charge on any atom is 0.169 e. The Morgan fingerprint density at radius 1 is 1.65 bits per heavy atom. The van der Waals surface area contributed by atoms with Gasteiger partial charge in [-0.15, -0.1) is 0 Å². The third-order valence-corrected chi connectivity index (χ3v) is 2.89. The molecule has 0 spiro atoms. The van der Waals surface area contributed by atoms with Crippen molar-refractivity contribution in [2.24, 2.45) is 0 Å². The molecule has 0 aromatic carbocycles. The number of fused-ring (bicyclic) bond motifs is 1. The van der Waals surface area contributed by atoms with Gasteiger partial charge in [-0.05, 0) is 11.6 Å². The Bertz CT molecular complexity index is 508. The largest absolute Gasteiger partial charge is 0.504 e. The van der Waals surface area contributed by atoms with Crippen molar-refractivity contribution in [3.8, 4) is 6.07 Å². The van der Waals surface area contributed by atoms with Crippen LogP contribution in [0, 0.1) is 11.3 Å². The minimum absolute atomic E-state index is 0.0518. The molecule has 0 radical (unpaired) electrons. The maximum absolute atomic E-state index is 11.7. The van der Waals surface area contributed by atoms with Crippen LogP contribution in [0.2, 0.25) is 0 Å². The molecular weight excluding hydrogens is 220 g/mol. The first-order valence-corrected chi connectivity index (χ1v) is 5.13. The van der Waals surface area contributed by atoms with Crippen LogP contribution >= 0.6 is 0 Å². The Hall–Kier alpha value is -2.06. The Morgan fingerprint density at radius 3 is 2.94 bits per heavy atom. The summed E-state index contributed by atoms with van der Waals surface area (Å²) in [5.41, 5.74) is 1.40. The van der Waals surface area contributed by atoms with Crippen molar-refractivity contribution >= 4 is 5.78 Å². The summed E-state index contributed by atoms with van der Waals surface area (Å²) in [5, 5.41) is 18.9. The topological polar surface area (TPSA) is 73.6 Å². The summed E-state index contributed by atoms with van der Waals surface area (Å²) in [6.07, 6.45) is 2.80. The quantitative estimate of drug-likeness (QED) is 0.730. The lowest BCUT2D eigenvalue weighted by Gasteiger charge is -2.28. The molecule has 17 heavy (non-hydrogen) atoms. The van der Waals surface area contributed by atoms with Crippen LogP contribution in [-0.2, 0) is 9.53 Å². The molecule has 0 aromatic rings. The lowest BCUT2D eigenvalue weighted by Crippen LogP contribution is -2.29. The summed E-state index contributed by atoms with van der Waals surface area (Å²) in [5.74, 6) is -0.147. The fraction of sp³-hybridized carbons (Fsp3) is 0.333. The summed E-state index contributed by atoms with van der Waals surface area (Å²) < 4.78 is 5.01. The predicted molar refractivity (Wildman–Crippen MR) is 59.6 cm³/mol. The number of methoxy groups -OCH3 is 1. The standard InChI is InChI=1S/C12H12N2O3/c1-14-6-7-3-10(15)11(17-2)4-8(7)12(16)9(14)5-13/h4,6,11,16H,3H2,1-2H3. The van der Waals surface area contributed by atoms with Crippen LogP contribution in [0.3, 0.4) is 0 Å². The zero-order chi connectivity index (χ0) is 12.6. The van der Waals surface area contributed by atoms with E-state index in [0.29, 0.717) is 11.1 Å². The predicted octanol–water partition coefficient (Wildman–Crippen LogP) is 1.02. The normalized spacial score (nSPS) is 23.9. The monoisotopic (exact) mass is 232 g/mol. The fourth-order valence-electron chi connectivity index (χ4n) is 2.01. The van der Waals surface area contributed by atoms with Gasteiger partial charge in [0.05, 0.1) is 0 Å². The molecule has 1 aliphatic heterocycles. The number of ether oxygens (including phenoxy) is 1. The van der Waals surface area contributed by atoms with E-state index in [9.17, 15) is 9.90 Å². The number of ketones is 1. The van der Waals surface area contributed by atoms with Crippen molar-refractivity contribution in [1.29, 1.82) is 5.26 Å². The van der Waals surface area contributed by atoms with E-state index in [1.807, 2.05) is 6.07 Å². The minimum atomic E-state index is -0.646. The Labute approximate surface area is 98.9 Å². The summed E-state index contributed by atoms with van der Waals surface area (Å²) in [4.78, 5) is 13.2. The van der Waals surface area contributed by atoms with E-state index in [-0.39, 0.29) is 23.7 Å². The average molecular weight is 232 g/mol. The van der Waals surface area contributed by atoms with Crippen LogP contribution in [0.5, 0.6) is 0 Å². The van der Waals surface area contributed by atoms with Gasteiger partial charge in [0.1, 0.15) is 12.2 Å². The summed E-state index contributed by atoms with van der Waals surface area (Å²) in [6, 6.07) is 1.92. The number of aliphatic hydroxyl groups is 1. The molecule has 5 nitrogen and oxygen atoms in total. The van der Waals surface area contributed by atoms with E-state index in [1.165, 1.54) is 12.0 Å². The van der Waals surface area contributed by atoms with E-state index in [0.717, 1.165) is 0 Å². The molecule has 0 aromatic heterocycles. The number of hydrogen-bond acceptors (Lipinski definition) is 5. The first-order chi connectivity index (χ1) is 8.08. The van der Waals surface area contributed by atoms with Crippen molar-refractivity contribution in [2.75, 3.05) is 14.2 Å². The molecule has 2 rings (SSSR count). The van der Waals surface area contributed by atoms with Gasteiger partial charge >= 0.3 is 0 Å².